The fraction of sp³-hybridized carbons (Fsp3) is 0.529. The average molecular weight is 321 g/mol. The number of rotatable bonds is 5. The van der Waals surface area contributed by atoms with Crippen LogP contribution in [0.1, 0.15) is 30.4 Å². The van der Waals surface area contributed by atoms with Gasteiger partial charge in [-0.05, 0) is 49.9 Å². The van der Waals surface area contributed by atoms with Crippen LogP contribution >= 0.6 is 11.8 Å². The van der Waals surface area contributed by atoms with Crippen LogP contribution in [0.3, 0.4) is 0 Å². The van der Waals surface area contributed by atoms with Gasteiger partial charge in [0.2, 0.25) is 5.91 Å². The third-order valence-electron chi connectivity index (χ3n) is 4.19. The van der Waals surface area contributed by atoms with Gasteiger partial charge < -0.3 is 10.0 Å². The van der Waals surface area contributed by atoms with E-state index in [4.69, 9.17) is 5.11 Å². The van der Waals surface area contributed by atoms with Crippen molar-refractivity contribution < 1.29 is 14.7 Å². The van der Waals surface area contributed by atoms with Crippen molar-refractivity contribution in [2.24, 2.45) is 5.92 Å². The summed E-state index contributed by atoms with van der Waals surface area (Å²) in [6.07, 6.45) is 1.92. The van der Waals surface area contributed by atoms with Crippen molar-refractivity contribution >= 4 is 23.6 Å². The highest BCUT2D eigenvalue weighted by Crippen LogP contribution is 2.23. The normalized spacial score (nSPS) is 18.3. The van der Waals surface area contributed by atoms with Gasteiger partial charge in [0.15, 0.2) is 0 Å². The largest absolute Gasteiger partial charge is 0.481 e. The summed E-state index contributed by atoms with van der Waals surface area (Å²) in [6.45, 7) is 5.23. The SMILES string of the molecule is Cc1ccc(SCCC(=O)N2CCC[C@H](C(=O)O)C2)cc1C. The number of carboxylic acids is 1. The first-order chi connectivity index (χ1) is 10.5. The van der Waals surface area contributed by atoms with E-state index in [0.29, 0.717) is 25.9 Å². The predicted molar refractivity (Wildman–Crippen MR) is 88.2 cm³/mol. The number of benzene rings is 1. The van der Waals surface area contributed by atoms with E-state index in [0.717, 1.165) is 12.2 Å². The third kappa shape index (κ3) is 4.50. The molecule has 0 aliphatic carbocycles. The van der Waals surface area contributed by atoms with E-state index in [1.807, 2.05) is 0 Å². The van der Waals surface area contributed by atoms with E-state index >= 15 is 0 Å². The van der Waals surface area contributed by atoms with Gasteiger partial charge in [0, 0.05) is 30.2 Å². The quantitative estimate of drug-likeness (QED) is 0.847. The summed E-state index contributed by atoms with van der Waals surface area (Å²) in [4.78, 5) is 26.1. The molecular weight excluding hydrogens is 298 g/mol. The molecule has 1 aliphatic rings. The minimum absolute atomic E-state index is 0.0716. The Morgan fingerprint density at radius 3 is 2.77 bits per heavy atom. The summed E-state index contributed by atoms with van der Waals surface area (Å²) in [6, 6.07) is 6.33. The van der Waals surface area contributed by atoms with Gasteiger partial charge in [0.1, 0.15) is 0 Å². The number of amides is 1. The fourth-order valence-electron chi connectivity index (χ4n) is 2.62. The maximum absolute atomic E-state index is 12.2. The van der Waals surface area contributed by atoms with Gasteiger partial charge in [0.05, 0.1) is 5.92 Å². The van der Waals surface area contributed by atoms with Gasteiger partial charge in [-0.3, -0.25) is 9.59 Å². The molecular formula is C17H23NO3S. The van der Waals surface area contributed by atoms with Gasteiger partial charge in [-0.1, -0.05) is 6.07 Å². The summed E-state index contributed by atoms with van der Waals surface area (Å²) in [5, 5.41) is 9.07. The Hall–Kier alpha value is -1.49. The zero-order valence-electron chi connectivity index (χ0n) is 13.2. The number of carbonyl (C=O) groups excluding carboxylic acids is 1. The summed E-state index contributed by atoms with van der Waals surface area (Å²) in [5.74, 6) is -0.385. The van der Waals surface area contributed by atoms with Gasteiger partial charge >= 0.3 is 5.97 Å². The first kappa shape index (κ1) is 16.9. The Labute approximate surface area is 135 Å². The van der Waals surface area contributed by atoms with Crippen LogP contribution in [0.5, 0.6) is 0 Å². The Morgan fingerprint density at radius 2 is 2.09 bits per heavy atom. The van der Waals surface area contributed by atoms with Crippen LogP contribution < -0.4 is 0 Å². The molecule has 0 spiro atoms. The molecule has 120 valence electrons. The average Bonchev–Trinajstić information content (AvgIpc) is 2.51. The molecule has 0 bridgehead atoms. The lowest BCUT2D eigenvalue weighted by atomic mass is 9.98. The summed E-state index contributed by atoms with van der Waals surface area (Å²) in [7, 11) is 0. The maximum Gasteiger partial charge on any atom is 0.308 e. The highest BCUT2D eigenvalue weighted by Gasteiger charge is 2.27. The predicted octanol–water partition coefficient (Wildman–Crippen LogP) is 3.11. The maximum atomic E-state index is 12.2. The van der Waals surface area contributed by atoms with Crippen LogP contribution in [0, 0.1) is 19.8 Å². The molecule has 0 radical (unpaired) electrons. The van der Waals surface area contributed by atoms with Crippen LogP contribution in [0.4, 0.5) is 0 Å². The highest BCUT2D eigenvalue weighted by molar-refractivity contribution is 7.99. The molecule has 0 unspecified atom stereocenters. The molecule has 1 aliphatic heterocycles. The Morgan fingerprint density at radius 1 is 1.32 bits per heavy atom. The zero-order valence-corrected chi connectivity index (χ0v) is 14.0. The number of aliphatic carboxylic acids is 1. The molecule has 1 saturated heterocycles. The number of piperidine rings is 1. The standard InChI is InChI=1S/C17H23NO3S/c1-12-5-6-15(10-13(12)2)22-9-7-16(19)18-8-3-4-14(11-18)17(20)21/h5-6,10,14H,3-4,7-9,11H2,1-2H3,(H,20,21)/t14-/m0/s1. The molecule has 0 saturated carbocycles. The molecule has 1 N–H and O–H groups in total. The Balaban J connectivity index is 1.79. The Bertz CT molecular complexity index is 559. The van der Waals surface area contributed by atoms with Crippen LogP contribution in [0.15, 0.2) is 23.1 Å². The first-order valence-electron chi connectivity index (χ1n) is 7.68. The molecule has 22 heavy (non-hydrogen) atoms. The molecule has 1 fully saturated rings. The molecule has 1 amide bonds. The molecule has 5 heteroatoms. The number of thioether (sulfide) groups is 1. The van der Waals surface area contributed by atoms with Crippen molar-refractivity contribution in [3.63, 3.8) is 0 Å². The van der Waals surface area contributed by atoms with Crippen molar-refractivity contribution in [1.29, 1.82) is 0 Å². The van der Waals surface area contributed by atoms with Crippen molar-refractivity contribution in [2.75, 3.05) is 18.8 Å². The van der Waals surface area contributed by atoms with Crippen LogP contribution in [0.2, 0.25) is 0 Å². The third-order valence-corrected chi connectivity index (χ3v) is 5.18. The van der Waals surface area contributed by atoms with Crippen LogP contribution in [0.25, 0.3) is 0 Å². The van der Waals surface area contributed by atoms with Crippen LogP contribution in [-0.2, 0) is 9.59 Å². The molecule has 2 rings (SSSR count). The van der Waals surface area contributed by atoms with E-state index in [-0.39, 0.29) is 5.91 Å². The highest BCUT2D eigenvalue weighted by atomic mass is 32.2. The topological polar surface area (TPSA) is 57.6 Å². The monoisotopic (exact) mass is 321 g/mol. The van der Waals surface area contributed by atoms with E-state index in [2.05, 4.69) is 32.0 Å². The first-order valence-corrected chi connectivity index (χ1v) is 8.66. The lowest BCUT2D eigenvalue weighted by Crippen LogP contribution is -2.42. The molecule has 1 aromatic carbocycles. The second-order valence-electron chi connectivity index (χ2n) is 5.86. The summed E-state index contributed by atoms with van der Waals surface area (Å²) >= 11 is 1.68. The lowest BCUT2D eigenvalue weighted by Gasteiger charge is -2.30. The van der Waals surface area contributed by atoms with E-state index < -0.39 is 11.9 Å². The van der Waals surface area contributed by atoms with Crippen molar-refractivity contribution in [3.8, 4) is 0 Å². The Kier molecular flexibility index (Phi) is 5.89. The second kappa shape index (κ2) is 7.68. The number of hydrogen-bond donors (Lipinski definition) is 1. The van der Waals surface area contributed by atoms with E-state index in [9.17, 15) is 9.59 Å². The second-order valence-corrected chi connectivity index (χ2v) is 7.03. The van der Waals surface area contributed by atoms with Crippen molar-refractivity contribution in [2.45, 2.75) is 38.0 Å². The number of carboxylic acid groups (broad SMARTS) is 1. The van der Waals surface area contributed by atoms with E-state index in [1.54, 1.807) is 16.7 Å². The van der Waals surface area contributed by atoms with Gasteiger partial charge in [-0.15, -0.1) is 11.8 Å². The van der Waals surface area contributed by atoms with Gasteiger partial charge in [0.25, 0.3) is 0 Å². The molecule has 0 aromatic heterocycles. The number of carbonyl (C=O) groups is 2. The number of aryl methyl sites for hydroxylation is 2. The summed E-state index contributed by atoms with van der Waals surface area (Å²) < 4.78 is 0. The van der Waals surface area contributed by atoms with Crippen LogP contribution in [-0.4, -0.2) is 40.7 Å². The van der Waals surface area contributed by atoms with Crippen molar-refractivity contribution in [1.82, 2.24) is 4.90 Å². The summed E-state index contributed by atoms with van der Waals surface area (Å²) in [5.41, 5.74) is 2.53. The smallest absolute Gasteiger partial charge is 0.308 e. The minimum Gasteiger partial charge on any atom is -0.481 e. The lowest BCUT2D eigenvalue weighted by molar-refractivity contribution is -0.145. The van der Waals surface area contributed by atoms with Gasteiger partial charge in [-0.25, -0.2) is 0 Å². The molecule has 1 atom stereocenters. The molecule has 4 nitrogen and oxygen atoms in total. The minimum atomic E-state index is -0.790. The molecule has 1 heterocycles. The zero-order chi connectivity index (χ0) is 16.1. The van der Waals surface area contributed by atoms with E-state index in [1.165, 1.54) is 16.0 Å². The van der Waals surface area contributed by atoms with Gasteiger partial charge in [-0.2, -0.15) is 0 Å². The number of likely N-dealkylation sites (tertiary alicyclic amines) is 1. The number of hydrogen-bond acceptors (Lipinski definition) is 3. The van der Waals surface area contributed by atoms with Crippen molar-refractivity contribution in [3.05, 3.63) is 29.3 Å². The fourth-order valence-corrected chi connectivity index (χ4v) is 3.56. The molecule has 1 aromatic rings. The number of nitrogens with zero attached hydrogens (tertiary/aromatic N) is 1.